The molecule has 0 aliphatic heterocycles. The maximum Gasteiger partial charge on any atom is 0.327 e. The van der Waals surface area contributed by atoms with Gasteiger partial charge < -0.3 is 14.5 Å². The summed E-state index contributed by atoms with van der Waals surface area (Å²) in [4.78, 5) is 13.2. The summed E-state index contributed by atoms with van der Waals surface area (Å²) in [5.41, 5.74) is -0.566. The minimum absolute atomic E-state index is 0.166. The molecule has 1 fully saturated rings. The average molecular weight is 269 g/mol. The topological polar surface area (TPSA) is 51.5 Å². The van der Waals surface area contributed by atoms with E-state index in [0.29, 0.717) is 11.7 Å². The number of aryl methyl sites for hydroxylation is 1. The van der Waals surface area contributed by atoms with Crippen molar-refractivity contribution in [1.29, 1.82) is 0 Å². The van der Waals surface area contributed by atoms with E-state index < -0.39 is 5.54 Å². The van der Waals surface area contributed by atoms with Gasteiger partial charge in [-0.3, -0.25) is 4.79 Å². The predicted molar refractivity (Wildman–Crippen MR) is 70.7 cm³/mol. The molecular formula is C13H19NO3S. The van der Waals surface area contributed by atoms with E-state index in [9.17, 15) is 4.79 Å². The Kier molecular flexibility index (Phi) is 4.02. The van der Waals surface area contributed by atoms with E-state index in [2.05, 4.69) is 5.32 Å². The highest BCUT2D eigenvalue weighted by molar-refractivity contribution is 7.99. The van der Waals surface area contributed by atoms with Gasteiger partial charge in [0.15, 0.2) is 0 Å². The lowest BCUT2D eigenvalue weighted by Crippen LogP contribution is -2.55. The number of esters is 1. The summed E-state index contributed by atoms with van der Waals surface area (Å²) >= 11 is 1.64. The Hall–Kier alpha value is -0.940. The molecule has 1 heterocycles. The summed E-state index contributed by atoms with van der Waals surface area (Å²) in [6, 6.07) is 1.94. The van der Waals surface area contributed by atoms with Crippen LogP contribution in [0.3, 0.4) is 0 Å². The third-order valence-electron chi connectivity index (χ3n) is 3.54. The van der Waals surface area contributed by atoms with E-state index in [-0.39, 0.29) is 5.97 Å². The van der Waals surface area contributed by atoms with Crippen molar-refractivity contribution >= 4 is 17.7 Å². The number of furan rings is 1. The zero-order chi connectivity index (χ0) is 13.2. The fraction of sp³-hybridized carbons (Fsp3) is 0.615. The van der Waals surface area contributed by atoms with Gasteiger partial charge in [0.05, 0.1) is 13.4 Å². The van der Waals surface area contributed by atoms with E-state index in [1.807, 2.05) is 20.0 Å². The molecule has 2 rings (SSSR count). The van der Waals surface area contributed by atoms with Gasteiger partial charge in [0.2, 0.25) is 0 Å². The minimum atomic E-state index is -0.566. The van der Waals surface area contributed by atoms with Crippen LogP contribution in [0.4, 0.5) is 0 Å². The molecule has 1 aromatic rings. The number of likely N-dealkylation sites (N-methyl/N-ethyl adjacent to an activating group) is 1. The van der Waals surface area contributed by atoms with Gasteiger partial charge in [0.1, 0.15) is 11.3 Å². The van der Waals surface area contributed by atoms with E-state index in [1.165, 1.54) is 7.11 Å². The van der Waals surface area contributed by atoms with Crippen molar-refractivity contribution in [3.8, 4) is 0 Å². The van der Waals surface area contributed by atoms with Crippen molar-refractivity contribution in [2.24, 2.45) is 5.92 Å². The maximum absolute atomic E-state index is 12.1. The fourth-order valence-electron chi connectivity index (χ4n) is 2.19. The van der Waals surface area contributed by atoms with E-state index in [1.54, 1.807) is 18.0 Å². The first kappa shape index (κ1) is 13.5. The van der Waals surface area contributed by atoms with Gasteiger partial charge in [-0.25, -0.2) is 0 Å². The van der Waals surface area contributed by atoms with Crippen LogP contribution >= 0.6 is 11.8 Å². The number of hydrogen-bond donors (Lipinski definition) is 1. The molecule has 1 atom stereocenters. The Morgan fingerprint density at radius 2 is 2.39 bits per heavy atom. The second-order valence-electron chi connectivity index (χ2n) is 4.62. The first-order valence-corrected chi connectivity index (χ1v) is 7.07. The zero-order valence-corrected chi connectivity index (χ0v) is 11.8. The number of nitrogens with one attached hydrogen (secondary N) is 1. The maximum atomic E-state index is 12.1. The van der Waals surface area contributed by atoms with Crippen molar-refractivity contribution in [2.45, 2.75) is 30.2 Å². The monoisotopic (exact) mass is 269 g/mol. The Labute approximate surface area is 111 Å². The molecule has 0 saturated heterocycles. The number of thioether (sulfide) groups is 1. The Morgan fingerprint density at radius 3 is 2.83 bits per heavy atom. The van der Waals surface area contributed by atoms with Crippen LogP contribution in [-0.2, 0) is 9.53 Å². The number of methoxy groups -OCH3 is 1. The summed E-state index contributed by atoms with van der Waals surface area (Å²) in [5.74, 6) is 1.78. The summed E-state index contributed by atoms with van der Waals surface area (Å²) in [5, 5.41) is 3.18. The number of ether oxygens (including phenoxy) is 1. The second kappa shape index (κ2) is 5.36. The summed E-state index contributed by atoms with van der Waals surface area (Å²) in [6.07, 6.45) is 3.84. The molecule has 1 saturated carbocycles. The summed E-state index contributed by atoms with van der Waals surface area (Å²) in [6.45, 7) is 1.93. The van der Waals surface area contributed by atoms with Crippen LogP contribution in [0.2, 0.25) is 0 Å². The molecule has 1 aromatic heterocycles. The first-order chi connectivity index (χ1) is 8.64. The normalized spacial score (nSPS) is 18.4. The molecule has 0 amide bonds. The number of carbonyl (C=O) groups is 1. The van der Waals surface area contributed by atoms with Crippen molar-refractivity contribution in [1.82, 2.24) is 5.32 Å². The second-order valence-corrected chi connectivity index (χ2v) is 5.63. The molecule has 1 aliphatic carbocycles. The van der Waals surface area contributed by atoms with Crippen LogP contribution in [0, 0.1) is 12.8 Å². The van der Waals surface area contributed by atoms with Crippen LogP contribution in [0.25, 0.3) is 0 Å². The van der Waals surface area contributed by atoms with Crippen LogP contribution in [0.15, 0.2) is 21.6 Å². The summed E-state index contributed by atoms with van der Waals surface area (Å²) in [7, 11) is 3.28. The molecule has 100 valence electrons. The van der Waals surface area contributed by atoms with E-state index >= 15 is 0 Å². The van der Waals surface area contributed by atoms with Crippen molar-refractivity contribution in [3.05, 3.63) is 18.1 Å². The zero-order valence-electron chi connectivity index (χ0n) is 11.0. The molecular weight excluding hydrogens is 250 g/mol. The number of hydrogen-bond acceptors (Lipinski definition) is 5. The molecule has 0 spiro atoms. The standard InChI is InChI=1S/C13H19NO3S/c1-9-11(6-7-17-9)18-8-13(14-2,10-4-5-10)12(15)16-3/h6-7,10,14H,4-5,8H2,1-3H3. The van der Waals surface area contributed by atoms with E-state index in [0.717, 1.165) is 23.5 Å². The van der Waals surface area contributed by atoms with E-state index in [4.69, 9.17) is 9.15 Å². The molecule has 18 heavy (non-hydrogen) atoms. The Bertz CT molecular complexity index is 428. The van der Waals surface area contributed by atoms with Crippen molar-refractivity contribution in [3.63, 3.8) is 0 Å². The average Bonchev–Trinajstić information content (AvgIpc) is 3.15. The van der Waals surface area contributed by atoms with Gasteiger partial charge in [0.25, 0.3) is 0 Å². The molecule has 4 nitrogen and oxygen atoms in total. The van der Waals surface area contributed by atoms with Crippen LogP contribution in [0.5, 0.6) is 0 Å². The van der Waals surface area contributed by atoms with Gasteiger partial charge in [0, 0.05) is 10.6 Å². The predicted octanol–water partition coefficient (Wildman–Crippen LogP) is 2.22. The van der Waals surface area contributed by atoms with Gasteiger partial charge in [-0.1, -0.05) is 0 Å². The SMILES string of the molecule is CNC(CSc1ccoc1C)(C(=O)OC)C1CC1. The quantitative estimate of drug-likeness (QED) is 0.634. The van der Waals surface area contributed by atoms with Gasteiger partial charge >= 0.3 is 5.97 Å². The third kappa shape index (κ3) is 2.42. The highest BCUT2D eigenvalue weighted by Crippen LogP contribution is 2.43. The number of carbonyl (C=O) groups excluding carboxylic acids is 1. The van der Waals surface area contributed by atoms with Crippen molar-refractivity contribution < 1.29 is 13.9 Å². The Balaban J connectivity index is 2.10. The minimum Gasteiger partial charge on any atom is -0.468 e. The summed E-state index contributed by atoms with van der Waals surface area (Å²) < 4.78 is 10.2. The smallest absolute Gasteiger partial charge is 0.327 e. The fourth-order valence-corrected chi connectivity index (χ4v) is 3.48. The van der Waals surface area contributed by atoms with Crippen molar-refractivity contribution in [2.75, 3.05) is 19.9 Å². The molecule has 0 bridgehead atoms. The lowest BCUT2D eigenvalue weighted by molar-refractivity contribution is -0.148. The Morgan fingerprint density at radius 1 is 1.67 bits per heavy atom. The van der Waals surface area contributed by atoms with Crippen LogP contribution < -0.4 is 5.32 Å². The highest BCUT2D eigenvalue weighted by Gasteiger charge is 2.50. The number of rotatable bonds is 6. The molecule has 1 aliphatic rings. The van der Waals surface area contributed by atoms with Gasteiger partial charge in [-0.05, 0) is 38.8 Å². The lowest BCUT2D eigenvalue weighted by Gasteiger charge is -2.30. The molecule has 0 aromatic carbocycles. The van der Waals surface area contributed by atoms with Gasteiger partial charge in [-0.2, -0.15) is 0 Å². The largest absolute Gasteiger partial charge is 0.468 e. The van der Waals surface area contributed by atoms with Crippen LogP contribution in [0.1, 0.15) is 18.6 Å². The molecule has 0 radical (unpaired) electrons. The molecule has 1 N–H and O–H groups in total. The van der Waals surface area contributed by atoms with Crippen LogP contribution in [-0.4, -0.2) is 31.4 Å². The third-order valence-corrected chi connectivity index (χ3v) is 4.87. The lowest BCUT2D eigenvalue weighted by atomic mass is 9.96. The van der Waals surface area contributed by atoms with Gasteiger partial charge in [-0.15, -0.1) is 11.8 Å². The molecule has 1 unspecified atom stereocenters. The highest BCUT2D eigenvalue weighted by atomic mass is 32.2. The first-order valence-electron chi connectivity index (χ1n) is 6.08. The molecule has 5 heteroatoms.